The third kappa shape index (κ3) is 3.17. The summed E-state index contributed by atoms with van der Waals surface area (Å²) in [6, 6.07) is 11.9. The molecule has 8 heteroatoms. The van der Waals surface area contributed by atoms with Gasteiger partial charge in [-0.1, -0.05) is 18.2 Å². The van der Waals surface area contributed by atoms with Crippen molar-refractivity contribution < 1.29 is 0 Å². The van der Waals surface area contributed by atoms with Crippen LogP contribution < -0.4 is 11.1 Å². The first-order valence-corrected chi connectivity index (χ1v) is 10.9. The van der Waals surface area contributed by atoms with E-state index < -0.39 is 0 Å². The molecule has 3 aromatic heterocycles. The van der Waals surface area contributed by atoms with Crippen LogP contribution in [0.5, 0.6) is 0 Å². The first kappa shape index (κ1) is 18.6. The lowest BCUT2D eigenvalue weighted by Gasteiger charge is -2.07. The summed E-state index contributed by atoms with van der Waals surface area (Å²) in [7, 11) is 0. The number of benzene rings is 1. The van der Waals surface area contributed by atoms with E-state index in [2.05, 4.69) is 26.5 Å². The normalized spacial score (nSPS) is 12.8. The van der Waals surface area contributed by atoms with Gasteiger partial charge in [0.25, 0.3) is 0 Å². The fourth-order valence-electron chi connectivity index (χ4n) is 4.07. The first-order chi connectivity index (χ1) is 14.8. The standard InChI is InChI=1S/C22H21N7S/c23-12-16-17(28-29(20(16)24)14-6-2-1-3-7-14)9-5-11-25-21-19-15-8-4-10-18(15)30-22(19)27-13-26-21/h1-3,6-7,13H,4-5,8-11,24H2,(H,25,26,27). The number of fused-ring (bicyclic) bond motifs is 3. The van der Waals surface area contributed by atoms with E-state index in [9.17, 15) is 5.26 Å². The molecular weight excluding hydrogens is 394 g/mol. The van der Waals surface area contributed by atoms with Crippen molar-refractivity contribution in [3.63, 3.8) is 0 Å². The van der Waals surface area contributed by atoms with Gasteiger partial charge in [0, 0.05) is 11.4 Å². The number of rotatable bonds is 6. The zero-order valence-electron chi connectivity index (χ0n) is 16.4. The van der Waals surface area contributed by atoms with Crippen LogP contribution in [-0.4, -0.2) is 26.3 Å². The molecule has 0 amide bonds. The molecule has 0 unspecified atom stereocenters. The van der Waals surface area contributed by atoms with Crippen molar-refractivity contribution in [2.75, 3.05) is 17.6 Å². The summed E-state index contributed by atoms with van der Waals surface area (Å²) in [5.74, 6) is 1.30. The topological polar surface area (TPSA) is 105 Å². The number of aryl methyl sites for hydroxylation is 3. The number of para-hydroxylation sites is 1. The van der Waals surface area contributed by atoms with Crippen LogP contribution in [0.15, 0.2) is 36.7 Å². The molecule has 0 atom stereocenters. The summed E-state index contributed by atoms with van der Waals surface area (Å²) in [5, 5.41) is 18.8. The lowest BCUT2D eigenvalue weighted by molar-refractivity contribution is 0.789. The molecule has 4 aromatic rings. The van der Waals surface area contributed by atoms with E-state index in [1.54, 1.807) is 22.3 Å². The number of nitrogens with two attached hydrogens (primary N) is 1. The van der Waals surface area contributed by atoms with Crippen molar-refractivity contribution in [3.8, 4) is 11.8 Å². The smallest absolute Gasteiger partial charge is 0.145 e. The molecule has 3 N–H and O–H groups in total. The Morgan fingerprint density at radius 2 is 2.07 bits per heavy atom. The van der Waals surface area contributed by atoms with Crippen molar-refractivity contribution in [2.24, 2.45) is 0 Å². The van der Waals surface area contributed by atoms with Gasteiger partial charge in [0.15, 0.2) is 0 Å². The van der Waals surface area contributed by atoms with Crippen LogP contribution >= 0.6 is 11.3 Å². The lowest BCUT2D eigenvalue weighted by atomic mass is 10.1. The van der Waals surface area contributed by atoms with Gasteiger partial charge in [-0.15, -0.1) is 11.3 Å². The van der Waals surface area contributed by atoms with E-state index in [1.165, 1.54) is 22.2 Å². The Kier molecular flexibility index (Phi) is 4.81. The van der Waals surface area contributed by atoms with E-state index in [4.69, 9.17) is 5.73 Å². The second-order valence-electron chi connectivity index (χ2n) is 7.36. The summed E-state index contributed by atoms with van der Waals surface area (Å²) in [6.07, 6.45) is 6.59. The van der Waals surface area contributed by atoms with E-state index in [1.807, 2.05) is 30.3 Å². The second-order valence-corrected chi connectivity index (χ2v) is 8.44. The SMILES string of the molecule is N#Cc1c(CCCNc2ncnc3sc4c(c23)CCC4)nn(-c2ccccc2)c1N. The van der Waals surface area contributed by atoms with Gasteiger partial charge in [0.1, 0.15) is 34.4 Å². The highest BCUT2D eigenvalue weighted by Gasteiger charge is 2.21. The molecule has 5 rings (SSSR count). The van der Waals surface area contributed by atoms with Crippen LogP contribution in [-0.2, 0) is 19.3 Å². The molecule has 1 aliphatic rings. The van der Waals surface area contributed by atoms with Crippen LogP contribution in [0.2, 0.25) is 0 Å². The molecule has 0 fully saturated rings. The predicted molar refractivity (Wildman–Crippen MR) is 119 cm³/mol. The number of nitriles is 1. The molecule has 0 aliphatic heterocycles. The van der Waals surface area contributed by atoms with Crippen molar-refractivity contribution in [1.82, 2.24) is 19.7 Å². The van der Waals surface area contributed by atoms with Gasteiger partial charge in [0.2, 0.25) is 0 Å². The maximum Gasteiger partial charge on any atom is 0.145 e. The van der Waals surface area contributed by atoms with Crippen LogP contribution in [0.3, 0.4) is 0 Å². The number of hydrogen-bond donors (Lipinski definition) is 2. The Labute approximate surface area is 178 Å². The number of nitrogen functional groups attached to an aromatic ring is 1. The minimum atomic E-state index is 0.387. The number of nitrogens with zero attached hydrogens (tertiary/aromatic N) is 5. The molecule has 3 heterocycles. The molecule has 0 spiro atoms. The van der Waals surface area contributed by atoms with Gasteiger partial charge in [-0.2, -0.15) is 10.4 Å². The van der Waals surface area contributed by atoms with Crippen LogP contribution in [0, 0.1) is 11.3 Å². The Balaban J connectivity index is 1.30. The van der Waals surface area contributed by atoms with E-state index in [0.29, 0.717) is 17.8 Å². The van der Waals surface area contributed by atoms with Gasteiger partial charge in [-0.3, -0.25) is 0 Å². The largest absolute Gasteiger partial charge is 0.382 e. The number of hydrogen-bond acceptors (Lipinski definition) is 7. The Bertz CT molecular complexity index is 1250. The molecule has 1 aromatic carbocycles. The van der Waals surface area contributed by atoms with Gasteiger partial charge >= 0.3 is 0 Å². The average Bonchev–Trinajstić information content (AvgIpc) is 3.44. The summed E-state index contributed by atoms with van der Waals surface area (Å²) in [5.41, 5.74) is 9.64. The fourth-order valence-corrected chi connectivity index (χ4v) is 5.30. The zero-order chi connectivity index (χ0) is 20.5. The van der Waals surface area contributed by atoms with Crippen LogP contribution in [0.4, 0.5) is 11.6 Å². The second kappa shape index (κ2) is 7.76. The number of aromatic nitrogens is 4. The van der Waals surface area contributed by atoms with E-state index in [0.717, 1.165) is 47.8 Å². The summed E-state index contributed by atoms with van der Waals surface area (Å²) >= 11 is 1.79. The molecule has 150 valence electrons. The van der Waals surface area contributed by atoms with Gasteiger partial charge in [-0.05, 0) is 49.8 Å². The Morgan fingerprint density at radius 1 is 1.20 bits per heavy atom. The molecule has 1 aliphatic carbocycles. The third-order valence-corrected chi connectivity index (χ3v) is 6.69. The van der Waals surface area contributed by atoms with Gasteiger partial charge in [0.05, 0.1) is 16.8 Å². The Morgan fingerprint density at radius 3 is 2.90 bits per heavy atom. The van der Waals surface area contributed by atoms with E-state index >= 15 is 0 Å². The average molecular weight is 416 g/mol. The molecule has 0 saturated heterocycles. The predicted octanol–water partition coefficient (Wildman–Crippen LogP) is 3.86. The molecule has 0 radical (unpaired) electrons. The minimum absolute atomic E-state index is 0.387. The molecular formula is C22H21N7S. The minimum Gasteiger partial charge on any atom is -0.382 e. The monoisotopic (exact) mass is 415 g/mol. The summed E-state index contributed by atoms with van der Waals surface area (Å²) < 4.78 is 1.64. The number of nitrogens with one attached hydrogen (secondary N) is 1. The molecule has 30 heavy (non-hydrogen) atoms. The summed E-state index contributed by atoms with van der Waals surface area (Å²) in [4.78, 5) is 11.5. The molecule has 0 saturated carbocycles. The first-order valence-electron chi connectivity index (χ1n) is 10.1. The maximum atomic E-state index is 9.56. The van der Waals surface area contributed by atoms with Gasteiger partial charge < -0.3 is 11.1 Å². The van der Waals surface area contributed by atoms with Crippen molar-refractivity contribution >= 4 is 33.2 Å². The highest BCUT2D eigenvalue weighted by Crippen LogP contribution is 2.39. The van der Waals surface area contributed by atoms with Crippen LogP contribution in [0.25, 0.3) is 15.9 Å². The van der Waals surface area contributed by atoms with Crippen molar-refractivity contribution in [3.05, 3.63) is 58.4 Å². The third-order valence-electron chi connectivity index (χ3n) is 5.49. The maximum absolute atomic E-state index is 9.56. The highest BCUT2D eigenvalue weighted by atomic mass is 32.1. The van der Waals surface area contributed by atoms with Crippen molar-refractivity contribution in [1.29, 1.82) is 5.26 Å². The number of anilines is 2. The van der Waals surface area contributed by atoms with Gasteiger partial charge in [-0.25, -0.2) is 14.6 Å². The lowest BCUT2D eigenvalue weighted by Crippen LogP contribution is -2.06. The quantitative estimate of drug-likeness (QED) is 0.463. The molecule has 0 bridgehead atoms. The van der Waals surface area contributed by atoms with Crippen molar-refractivity contribution in [2.45, 2.75) is 32.1 Å². The summed E-state index contributed by atoms with van der Waals surface area (Å²) in [6.45, 7) is 0.736. The zero-order valence-corrected chi connectivity index (χ0v) is 17.2. The van der Waals surface area contributed by atoms with Crippen LogP contribution in [0.1, 0.15) is 34.5 Å². The van der Waals surface area contributed by atoms with E-state index in [-0.39, 0.29) is 0 Å². The fraction of sp³-hybridized carbons (Fsp3) is 0.273. The Hall–Kier alpha value is -3.44. The number of thiophene rings is 1. The highest BCUT2D eigenvalue weighted by molar-refractivity contribution is 7.19. The molecule has 7 nitrogen and oxygen atoms in total.